The number of piperidine rings is 1. The Bertz CT molecular complexity index is 1160. The van der Waals surface area contributed by atoms with E-state index in [0.717, 1.165) is 17.0 Å². The van der Waals surface area contributed by atoms with Gasteiger partial charge in [-0.15, -0.1) is 0 Å². The van der Waals surface area contributed by atoms with Crippen molar-refractivity contribution in [3.63, 3.8) is 0 Å². The number of para-hydroxylation sites is 1. The molecule has 1 saturated heterocycles. The van der Waals surface area contributed by atoms with Crippen molar-refractivity contribution in [3.05, 3.63) is 66.0 Å². The van der Waals surface area contributed by atoms with Crippen LogP contribution in [0.5, 0.6) is 0 Å². The first-order valence-electron chi connectivity index (χ1n) is 10.1. The highest BCUT2D eigenvalue weighted by atomic mass is 19.4. The number of fused-ring (bicyclic) bond motifs is 1. The summed E-state index contributed by atoms with van der Waals surface area (Å²) in [6, 6.07) is 11.5. The van der Waals surface area contributed by atoms with E-state index in [4.69, 9.17) is 0 Å². The SMILES string of the molecule is O=C(C=Cc1ccc(C(F)(F)F)nc1N1CCC(O)CC1)Nc1cnc2ccccc2c1. The zero-order valence-corrected chi connectivity index (χ0v) is 17.0. The molecule has 0 saturated carbocycles. The van der Waals surface area contributed by atoms with E-state index in [1.807, 2.05) is 24.3 Å². The van der Waals surface area contributed by atoms with E-state index in [2.05, 4.69) is 15.3 Å². The maximum Gasteiger partial charge on any atom is 0.433 e. The van der Waals surface area contributed by atoms with E-state index in [1.165, 1.54) is 24.4 Å². The third-order valence-corrected chi connectivity index (χ3v) is 5.23. The number of anilines is 2. The molecule has 0 aliphatic carbocycles. The maximum atomic E-state index is 13.2. The molecule has 0 spiro atoms. The molecule has 4 rings (SSSR count). The molecule has 166 valence electrons. The molecule has 1 aromatic carbocycles. The Morgan fingerprint density at radius 3 is 2.66 bits per heavy atom. The minimum Gasteiger partial charge on any atom is -0.393 e. The molecule has 3 heterocycles. The number of hydrogen-bond donors (Lipinski definition) is 2. The van der Waals surface area contributed by atoms with Crippen LogP contribution in [-0.4, -0.2) is 40.2 Å². The van der Waals surface area contributed by atoms with Gasteiger partial charge >= 0.3 is 6.18 Å². The lowest BCUT2D eigenvalue weighted by Crippen LogP contribution is -2.37. The van der Waals surface area contributed by atoms with Crippen molar-refractivity contribution >= 4 is 34.4 Å². The Kier molecular flexibility index (Phi) is 6.09. The maximum absolute atomic E-state index is 13.2. The fraction of sp³-hybridized carbons (Fsp3) is 0.261. The third kappa shape index (κ3) is 5.05. The van der Waals surface area contributed by atoms with E-state index < -0.39 is 23.9 Å². The average Bonchev–Trinajstić information content (AvgIpc) is 2.77. The first kappa shape index (κ1) is 21.8. The number of hydrogen-bond acceptors (Lipinski definition) is 5. The second kappa shape index (κ2) is 8.96. The summed E-state index contributed by atoms with van der Waals surface area (Å²) in [7, 11) is 0. The molecule has 2 aromatic heterocycles. The Labute approximate surface area is 182 Å². The fourth-order valence-corrected chi connectivity index (χ4v) is 3.57. The van der Waals surface area contributed by atoms with Crippen LogP contribution in [0.25, 0.3) is 17.0 Å². The predicted octanol–water partition coefficient (Wildman–Crippen LogP) is 4.26. The third-order valence-electron chi connectivity index (χ3n) is 5.23. The molecule has 1 aliphatic rings. The largest absolute Gasteiger partial charge is 0.433 e. The summed E-state index contributed by atoms with van der Waals surface area (Å²) in [5, 5.41) is 13.3. The quantitative estimate of drug-likeness (QED) is 0.591. The Hall–Kier alpha value is -3.46. The number of nitrogens with one attached hydrogen (secondary N) is 1. The molecule has 9 heteroatoms. The van der Waals surface area contributed by atoms with Gasteiger partial charge in [0.2, 0.25) is 5.91 Å². The van der Waals surface area contributed by atoms with E-state index in [1.54, 1.807) is 11.0 Å². The Balaban J connectivity index is 1.55. The van der Waals surface area contributed by atoms with Gasteiger partial charge in [0.25, 0.3) is 0 Å². The number of aliphatic hydroxyl groups excluding tert-OH is 1. The minimum atomic E-state index is -4.58. The van der Waals surface area contributed by atoms with Gasteiger partial charge in [0.15, 0.2) is 0 Å². The number of benzene rings is 1. The lowest BCUT2D eigenvalue weighted by atomic mass is 10.1. The summed E-state index contributed by atoms with van der Waals surface area (Å²) < 4.78 is 39.6. The number of alkyl halides is 3. The van der Waals surface area contributed by atoms with E-state index in [-0.39, 0.29) is 5.82 Å². The van der Waals surface area contributed by atoms with Gasteiger partial charge in [0.1, 0.15) is 11.5 Å². The van der Waals surface area contributed by atoms with Crippen LogP contribution >= 0.6 is 0 Å². The van der Waals surface area contributed by atoms with Crippen LogP contribution in [0.4, 0.5) is 24.7 Å². The highest BCUT2D eigenvalue weighted by molar-refractivity contribution is 6.03. The molecular formula is C23H21F3N4O2. The van der Waals surface area contributed by atoms with Gasteiger partial charge < -0.3 is 15.3 Å². The molecule has 0 bridgehead atoms. The summed E-state index contributed by atoms with van der Waals surface area (Å²) in [6.45, 7) is 0.760. The molecule has 3 aromatic rings. The summed E-state index contributed by atoms with van der Waals surface area (Å²) >= 11 is 0. The molecule has 0 unspecified atom stereocenters. The fourth-order valence-electron chi connectivity index (χ4n) is 3.57. The second-order valence-corrected chi connectivity index (χ2v) is 7.56. The van der Waals surface area contributed by atoms with Crippen LogP contribution in [0.15, 0.2) is 54.7 Å². The molecular weight excluding hydrogens is 421 g/mol. The number of halogens is 3. The smallest absolute Gasteiger partial charge is 0.393 e. The highest BCUT2D eigenvalue weighted by Gasteiger charge is 2.33. The topological polar surface area (TPSA) is 78.4 Å². The van der Waals surface area contributed by atoms with Gasteiger partial charge in [-0.05, 0) is 43.2 Å². The van der Waals surface area contributed by atoms with Gasteiger partial charge in [-0.25, -0.2) is 4.98 Å². The predicted molar refractivity (Wildman–Crippen MR) is 116 cm³/mol. The first-order valence-corrected chi connectivity index (χ1v) is 10.1. The van der Waals surface area contributed by atoms with Crippen LogP contribution in [0.3, 0.4) is 0 Å². The minimum absolute atomic E-state index is 0.142. The molecule has 6 nitrogen and oxygen atoms in total. The van der Waals surface area contributed by atoms with Gasteiger partial charge in [-0.1, -0.05) is 18.2 Å². The number of amides is 1. The number of aliphatic hydroxyl groups is 1. The van der Waals surface area contributed by atoms with E-state index in [0.29, 0.717) is 37.2 Å². The van der Waals surface area contributed by atoms with Gasteiger partial charge in [-0.3, -0.25) is 9.78 Å². The molecule has 1 aliphatic heterocycles. The van der Waals surface area contributed by atoms with Gasteiger partial charge in [0, 0.05) is 30.1 Å². The first-order chi connectivity index (χ1) is 15.3. The van der Waals surface area contributed by atoms with Crippen molar-refractivity contribution < 1.29 is 23.1 Å². The summed E-state index contributed by atoms with van der Waals surface area (Å²) in [5.41, 5.74) is 0.700. The zero-order valence-electron chi connectivity index (χ0n) is 17.0. The highest BCUT2D eigenvalue weighted by Crippen LogP contribution is 2.32. The number of rotatable bonds is 4. The van der Waals surface area contributed by atoms with Gasteiger partial charge in [0.05, 0.1) is 23.5 Å². The van der Waals surface area contributed by atoms with Crippen molar-refractivity contribution in [2.75, 3.05) is 23.3 Å². The number of aromatic nitrogens is 2. The zero-order chi connectivity index (χ0) is 22.7. The van der Waals surface area contributed by atoms with Crippen molar-refractivity contribution in [2.45, 2.75) is 25.1 Å². The molecule has 32 heavy (non-hydrogen) atoms. The Morgan fingerprint density at radius 2 is 1.91 bits per heavy atom. The normalized spacial score (nSPS) is 15.4. The number of carbonyl (C=O) groups excluding carboxylic acids is 1. The number of nitrogens with zero attached hydrogens (tertiary/aromatic N) is 3. The van der Waals surface area contributed by atoms with Crippen LogP contribution in [0.2, 0.25) is 0 Å². The van der Waals surface area contributed by atoms with Crippen LogP contribution in [0.1, 0.15) is 24.1 Å². The molecule has 0 atom stereocenters. The standard InChI is InChI=1S/C23H21F3N4O2/c24-23(25,26)20-7-5-15(22(29-20)30-11-9-18(31)10-12-30)6-8-21(32)28-17-13-16-3-1-2-4-19(16)27-14-17/h1-8,13-14,18,31H,9-12H2,(H,28,32). The van der Waals surface area contributed by atoms with Crippen molar-refractivity contribution in [2.24, 2.45) is 0 Å². The Morgan fingerprint density at radius 1 is 1.16 bits per heavy atom. The van der Waals surface area contributed by atoms with Gasteiger partial charge in [-0.2, -0.15) is 13.2 Å². The molecule has 1 amide bonds. The second-order valence-electron chi connectivity index (χ2n) is 7.56. The van der Waals surface area contributed by atoms with Crippen molar-refractivity contribution in [3.8, 4) is 0 Å². The summed E-state index contributed by atoms with van der Waals surface area (Å²) in [6.07, 6.45) is 0.0642. The lowest BCUT2D eigenvalue weighted by molar-refractivity contribution is -0.141. The van der Waals surface area contributed by atoms with Crippen molar-refractivity contribution in [1.82, 2.24) is 9.97 Å². The summed E-state index contributed by atoms with van der Waals surface area (Å²) in [5.74, 6) is -0.301. The van der Waals surface area contributed by atoms with E-state index in [9.17, 15) is 23.1 Å². The monoisotopic (exact) mass is 442 g/mol. The lowest BCUT2D eigenvalue weighted by Gasteiger charge is -2.31. The average molecular weight is 442 g/mol. The van der Waals surface area contributed by atoms with Crippen molar-refractivity contribution in [1.29, 1.82) is 0 Å². The number of pyridine rings is 2. The molecule has 1 fully saturated rings. The van der Waals surface area contributed by atoms with E-state index >= 15 is 0 Å². The van der Waals surface area contributed by atoms with Crippen LogP contribution < -0.4 is 10.2 Å². The molecule has 2 N–H and O–H groups in total. The number of carbonyl (C=O) groups is 1. The van der Waals surface area contributed by atoms with Crippen LogP contribution in [0, 0.1) is 0 Å². The van der Waals surface area contributed by atoms with Crippen LogP contribution in [-0.2, 0) is 11.0 Å². The molecule has 0 radical (unpaired) electrons. The summed E-state index contributed by atoms with van der Waals surface area (Å²) in [4.78, 5) is 22.2.